The molecule has 6 nitrogen and oxygen atoms in total. The molecule has 3 saturated carbocycles. The Kier molecular flexibility index (Phi) is 6.36. The zero-order valence-electron chi connectivity index (χ0n) is 24.8. The molecule has 2 aromatic heterocycles. The Hall–Kier alpha value is -3.82. The molecule has 0 bridgehead atoms. The van der Waals surface area contributed by atoms with Gasteiger partial charge in [-0.05, 0) is 72.9 Å². The smallest absolute Gasteiger partial charge is 0.218 e. The maximum Gasteiger partial charge on any atom is 0.218 e. The fourth-order valence-electron chi connectivity index (χ4n) is 9.84. The van der Waals surface area contributed by atoms with Gasteiger partial charge in [0, 0.05) is 35.8 Å². The van der Waals surface area contributed by atoms with Crippen LogP contribution in [-0.2, 0) is 16.2 Å². The summed E-state index contributed by atoms with van der Waals surface area (Å²) in [4.78, 5) is 14.9. The molecule has 3 fully saturated rings. The highest BCUT2D eigenvalue weighted by Gasteiger charge is 2.58. The minimum atomic E-state index is -0.233. The van der Waals surface area contributed by atoms with Crippen molar-refractivity contribution in [2.75, 3.05) is 0 Å². The number of aliphatic imine (C=N–C) groups is 2. The van der Waals surface area contributed by atoms with Gasteiger partial charge in [-0.25, -0.2) is 9.98 Å². The first-order valence-corrected chi connectivity index (χ1v) is 17.8. The third-order valence-electron chi connectivity index (χ3n) is 11.5. The van der Waals surface area contributed by atoms with Gasteiger partial charge in [-0.15, -0.1) is 22.7 Å². The van der Waals surface area contributed by atoms with Crippen molar-refractivity contribution in [2.24, 2.45) is 9.98 Å². The van der Waals surface area contributed by atoms with Crippen LogP contribution in [0.4, 0.5) is 0 Å². The van der Waals surface area contributed by atoms with E-state index in [1.165, 1.54) is 73.9 Å². The Morgan fingerprint density at radius 1 is 0.500 bits per heavy atom. The van der Waals surface area contributed by atoms with Gasteiger partial charge in [-0.2, -0.15) is 21.0 Å². The van der Waals surface area contributed by atoms with Crippen LogP contribution in [0.1, 0.15) is 128 Å². The van der Waals surface area contributed by atoms with E-state index < -0.39 is 0 Å². The number of nitriles is 4. The lowest BCUT2D eigenvalue weighted by molar-refractivity contribution is 0.309. The van der Waals surface area contributed by atoms with Crippen LogP contribution in [0.15, 0.2) is 21.4 Å². The van der Waals surface area contributed by atoms with Crippen molar-refractivity contribution < 1.29 is 0 Å². The molecule has 0 amide bonds. The molecular weight excluding hydrogens is 581 g/mol. The van der Waals surface area contributed by atoms with Crippen LogP contribution in [0, 0.1) is 45.3 Å². The minimum absolute atomic E-state index is 0.0511. The fourth-order valence-corrected chi connectivity index (χ4v) is 12.9. The third-order valence-corrected chi connectivity index (χ3v) is 14.0. The van der Waals surface area contributed by atoms with Crippen molar-refractivity contribution in [1.82, 2.24) is 0 Å². The lowest BCUT2D eigenvalue weighted by Crippen LogP contribution is -2.37. The maximum absolute atomic E-state index is 9.63. The molecule has 2 aromatic rings. The third kappa shape index (κ3) is 3.54. The summed E-state index contributed by atoms with van der Waals surface area (Å²) in [5.41, 5.74) is 7.22. The van der Waals surface area contributed by atoms with Gasteiger partial charge in [-0.3, -0.25) is 0 Å². The van der Waals surface area contributed by atoms with Gasteiger partial charge in [0.05, 0.1) is 11.4 Å². The predicted molar refractivity (Wildman–Crippen MR) is 174 cm³/mol. The van der Waals surface area contributed by atoms with E-state index in [0.29, 0.717) is 0 Å². The largest absolute Gasteiger partial charge is 0.231 e. The zero-order chi connectivity index (χ0) is 30.1. The summed E-state index contributed by atoms with van der Waals surface area (Å²) in [6.45, 7) is 0. The number of fused-ring (bicyclic) bond motifs is 11. The molecule has 8 rings (SSSR count). The van der Waals surface area contributed by atoms with E-state index in [1.54, 1.807) is 0 Å². The van der Waals surface area contributed by atoms with Crippen molar-refractivity contribution in [2.45, 2.75) is 113 Å². The Balaban J connectivity index is 1.37. The summed E-state index contributed by atoms with van der Waals surface area (Å²) < 4.78 is 0. The summed E-state index contributed by atoms with van der Waals surface area (Å²) in [5.74, 6) is 0. The molecule has 8 heteroatoms. The second kappa shape index (κ2) is 10.1. The highest BCUT2D eigenvalue weighted by atomic mass is 32.1. The van der Waals surface area contributed by atoms with Gasteiger partial charge in [0.2, 0.25) is 11.4 Å². The quantitative estimate of drug-likeness (QED) is 0.314. The molecule has 44 heavy (non-hydrogen) atoms. The lowest BCUT2D eigenvalue weighted by atomic mass is 9.59. The first kappa shape index (κ1) is 27.7. The van der Waals surface area contributed by atoms with Gasteiger partial charge >= 0.3 is 0 Å². The number of nitrogens with zero attached hydrogens (tertiary/aromatic N) is 6. The minimum Gasteiger partial charge on any atom is -0.231 e. The Morgan fingerprint density at radius 3 is 1.18 bits per heavy atom. The predicted octanol–water partition coefficient (Wildman–Crippen LogP) is 9.13. The van der Waals surface area contributed by atoms with E-state index in [4.69, 9.17) is 9.98 Å². The normalized spacial score (nSPS) is 22.4. The summed E-state index contributed by atoms with van der Waals surface area (Å²) in [5, 5.41) is 38.5. The van der Waals surface area contributed by atoms with Crippen LogP contribution < -0.4 is 0 Å². The Bertz CT molecular complexity index is 1730. The molecule has 2 heterocycles. The van der Waals surface area contributed by atoms with E-state index in [0.717, 1.165) is 75.6 Å². The molecule has 0 radical (unpaired) electrons. The van der Waals surface area contributed by atoms with Gasteiger partial charge in [0.15, 0.2) is 0 Å². The van der Waals surface area contributed by atoms with Crippen molar-refractivity contribution in [3.63, 3.8) is 0 Å². The van der Waals surface area contributed by atoms with Gasteiger partial charge in [0.1, 0.15) is 24.3 Å². The van der Waals surface area contributed by atoms with E-state index in [9.17, 15) is 21.0 Å². The van der Waals surface area contributed by atoms with Gasteiger partial charge in [-0.1, -0.05) is 57.8 Å². The van der Waals surface area contributed by atoms with E-state index in [2.05, 4.69) is 12.2 Å². The average Bonchev–Trinajstić information content (AvgIpc) is 3.82. The topological polar surface area (TPSA) is 120 Å². The van der Waals surface area contributed by atoms with Gasteiger partial charge < -0.3 is 0 Å². The highest BCUT2D eigenvalue weighted by Crippen LogP contribution is 2.71. The monoisotopic (exact) mass is 612 g/mol. The Morgan fingerprint density at radius 2 is 0.841 bits per heavy atom. The number of allylic oxidation sites excluding steroid dienone is 2. The molecule has 218 valence electrons. The standard InChI is InChI=1S/C36H32N6S2/c37-18-22(19-38)41-26-16-24-28(34(26)10-4-1-5-11-34)30-32(43-24)33-31(36(30)14-8-3-9-15-36)29-25(44-33)17-27(42-23(20-39)21-40)35(29)12-6-2-7-13-35/h16-17H,1-15H2. The van der Waals surface area contributed by atoms with Crippen LogP contribution >= 0.6 is 22.7 Å². The summed E-state index contributed by atoms with van der Waals surface area (Å²) >= 11 is 3.82. The summed E-state index contributed by atoms with van der Waals surface area (Å²) in [7, 11) is 0. The first-order valence-electron chi connectivity index (χ1n) is 16.1. The van der Waals surface area contributed by atoms with E-state index in [-0.39, 0.29) is 27.7 Å². The molecule has 6 aliphatic carbocycles. The molecule has 0 aromatic carbocycles. The van der Waals surface area contributed by atoms with Crippen LogP contribution in [0.25, 0.3) is 21.9 Å². The summed E-state index contributed by atoms with van der Waals surface area (Å²) in [6, 6.07) is 8.09. The van der Waals surface area contributed by atoms with Crippen LogP contribution in [0.2, 0.25) is 0 Å². The summed E-state index contributed by atoms with van der Waals surface area (Å²) in [6.07, 6.45) is 21.3. The average molecular weight is 613 g/mol. The molecule has 0 unspecified atom stereocenters. The second-order valence-electron chi connectivity index (χ2n) is 13.4. The van der Waals surface area contributed by atoms with Crippen molar-refractivity contribution >= 4 is 46.2 Å². The van der Waals surface area contributed by atoms with E-state index in [1.807, 2.05) is 47.0 Å². The van der Waals surface area contributed by atoms with Crippen molar-refractivity contribution in [3.05, 3.63) is 43.4 Å². The van der Waals surface area contributed by atoms with Crippen LogP contribution in [0.5, 0.6) is 0 Å². The van der Waals surface area contributed by atoms with Crippen molar-refractivity contribution in [3.8, 4) is 34.0 Å². The highest BCUT2D eigenvalue weighted by molar-refractivity contribution is 7.23. The van der Waals surface area contributed by atoms with Gasteiger partial charge in [0.25, 0.3) is 0 Å². The number of hydrogen-bond acceptors (Lipinski definition) is 8. The molecule has 0 atom stereocenters. The molecule has 6 aliphatic rings. The molecule has 0 aliphatic heterocycles. The Labute approximate surface area is 266 Å². The van der Waals surface area contributed by atoms with Crippen LogP contribution in [-0.4, -0.2) is 11.4 Å². The van der Waals surface area contributed by atoms with E-state index >= 15 is 0 Å². The zero-order valence-corrected chi connectivity index (χ0v) is 26.4. The van der Waals surface area contributed by atoms with Crippen LogP contribution in [0.3, 0.4) is 0 Å². The fraction of sp³-hybridized carbons (Fsp3) is 0.500. The number of rotatable bonds is 2. The van der Waals surface area contributed by atoms with Crippen molar-refractivity contribution in [1.29, 1.82) is 21.0 Å². The number of hydrogen-bond donors (Lipinski definition) is 0. The molecule has 0 N–H and O–H groups in total. The first-order chi connectivity index (χ1) is 21.5. The maximum atomic E-state index is 9.63. The SMILES string of the molecule is N#CC(C#N)=NC1=Cc2sc3c(c2C12CCCCC2)C1(CCCCC1)c1c-3sc2c1C1(CCCCC1)C(N=C(C#N)C#N)=C2. The molecule has 3 spiro atoms. The number of thiophene rings is 2. The molecular formula is C36H32N6S2. The second-order valence-corrected chi connectivity index (χ2v) is 15.6. The molecule has 0 saturated heterocycles. The lowest BCUT2D eigenvalue weighted by Gasteiger charge is -2.43.